The smallest absolute Gasteiger partial charge is 0.325 e. The molecule has 1 aromatic rings. The van der Waals surface area contributed by atoms with Crippen LogP contribution in [0.5, 0.6) is 0 Å². The van der Waals surface area contributed by atoms with Gasteiger partial charge in [-0.2, -0.15) is 0 Å². The van der Waals surface area contributed by atoms with E-state index >= 15 is 0 Å². The fourth-order valence-electron chi connectivity index (χ4n) is 3.80. The average molecular weight is 371 g/mol. The van der Waals surface area contributed by atoms with Gasteiger partial charge < -0.3 is 5.32 Å². The second-order valence-electron chi connectivity index (χ2n) is 7.53. The Morgan fingerprint density at radius 1 is 1.07 bits per heavy atom. The van der Waals surface area contributed by atoms with Gasteiger partial charge in [0.15, 0.2) is 0 Å². The van der Waals surface area contributed by atoms with Crippen molar-refractivity contribution in [1.82, 2.24) is 9.80 Å². The highest BCUT2D eigenvalue weighted by Crippen LogP contribution is 2.31. The molecule has 1 heterocycles. The van der Waals surface area contributed by atoms with Gasteiger partial charge in [-0.3, -0.25) is 19.3 Å². The molecule has 1 saturated heterocycles. The van der Waals surface area contributed by atoms with Crippen LogP contribution in [0.2, 0.25) is 0 Å². The summed E-state index contributed by atoms with van der Waals surface area (Å²) in [6.07, 6.45) is 3.61. The molecule has 1 aromatic carbocycles. The van der Waals surface area contributed by atoms with E-state index in [4.69, 9.17) is 0 Å². The molecule has 144 valence electrons. The zero-order chi connectivity index (χ0) is 19.7. The average Bonchev–Trinajstić information content (AvgIpc) is 2.82. The molecule has 0 spiro atoms. The van der Waals surface area contributed by atoms with Crippen molar-refractivity contribution >= 4 is 29.4 Å². The second kappa shape index (κ2) is 7.50. The third-order valence-corrected chi connectivity index (χ3v) is 5.57. The Kier molecular flexibility index (Phi) is 5.30. The Labute approximate surface area is 158 Å². The summed E-state index contributed by atoms with van der Waals surface area (Å²) in [5.74, 6) is -2.10. The second-order valence-corrected chi connectivity index (χ2v) is 7.53. The molecule has 0 bridgehead atoms. The van der Waals surface area contributed by atoms with Gasteiger partial charge in [0.1, 0.15) is 6.54 Å². The standard InChI is InChI=1S/C20H25N3O4/c1-12-8-9-15(10-14(12)3)21-17(24)11-22-18(25)19(26)23(20(22)27)16-7-5-4-6-13(16)2/h8-10,13,16H,4-7,11H2,1-3H3,(H,21,24)/t13-,16-/m0/s1. The van der Waals surface area contributed by atoms with E-state index in [1.165, 1.54) is 0 Å². The Morgan fingerprint density at radius 3 is 2.44 bits per heavy atom. The van der Waals surface area contributed by atoms with Gasteiger partial charge >= 0.3 is 17.8 Å². The zero-order valence-corrected chi connectivity index (χ0v) is 15.9. The molecule has 7 heteroatoms. The number of nitrogens with zero attached hydrogens (tertiary/aromatic N) is 2. The lowest BCUT2D eigenvalue weighted by Crippen LogP contribution is -2.46. The van der Waals surface area contributed by atoms with Gasteiger partial charge in [-0.15, -0.1) is 0 Å². The van der Waals surface area contributed by atoms with Crippen LogP contribution in [0.15, 0.2) is 18.2 Å². The van der Waals surface area contributed by atoms with Gasteiger partial charge in [0.2, 0.25) is 5.91 Å². The van der Waals surface area contributed by atoms with Gasteiger partial charge in [0, 0.05) is 11.7 Å². The van der Waals surface area contributed by atoms with E-state index in [2.05, 4.69) is 5.32 Å². The van der Waals surface area contributed by atoms with E-state index in [1.54, 1.807) is 6.07 Å². The molecular weight excluding hydrogens is 346 g/mol. The van der Waals surface area contributed by atoms with Crippen molar-refractivity contribution in [3.05, 3.63) is 29.3 Å². The van der Waals surface area contributed by atoms with Crippen molar-refractivity contribution in [2.45, 2.75) is 52.5 Å². The Bertz CT molecular complexity index is 804. The summed E-state index contributed by atoms with van der Waals surface area (Å²) >= 11 is 0. The molecule has 0 aromatic heterocycles. The molecule has 2 fully saturated rings. The summed E-state index contributed by atoms with van der Waals surface area (Å²) in [5, 5.41) is 2.68. The van der Waals surface area contributed by atoms with E-state index in [0.717, 1.165) is 40.2 Å². The van der Waals surface area contributed by atoms with Crippen LogP contribution in [0.1, 0.15) is 43.7 Å². The van der Waals surface area contributed by atoms with Crippen LogP contribution in [0.25, 0.3) is 0 Å². The molecule has 27 heavy (non-hydrogen) atoms. The largest absolute Gasteiger partial charge is 0.334 e. The molecule has 1 aliphatic heterocycles. The normalized spacial score (nSPS) is 23.1. The highest BCUT2D eigenvalue weighted by molar-refractivity contribution is 6.45. The molecule has 2 atom stereocenters. The van der Waals surface area contributed by atoms with Gasteiger partial charge in [0.25, 0.3) is 0 Å². The minimum absolute atomic E-state index is 0.156. The zero-order valence-electron chi connectivity index (χ0n) is 15.9. The maximum Gasteiger partial charge on any atom is 0.334 e. The van der Waals surface area contributed by atoms with Crippen LogP contribution >= 0.6 is 0 Å². The number of carbonyl (C=O) groups is 4. The maximum absolute atomic E-state index is 12.7. The first-order valence-electron chi connectivity index (χ1n) is 9.35. The van der Waals surface area contributed by atoms with E-state index in [0.29, 0.717) is 12.1 Å². The van der Waals surface area contributed by atoms with E-state index in [9.17, 15) is 19.2 Å². The Hall–Kier alpha value is -2.70. The molecule has 2 aliphatic rings. The Balaban J connectivity index is 1.70. The number of urea groups is 1. The molecular formula is C20H25N3O4. The quantitative estimate of drug-likeness (QED) is 0.651. The number of aryl methyl sites for hydroxylation is 2. The van der Waals surface area contributed by atoms with Gasteiger partial charge in [-0.05, 0) is 55.9 Å². The number of carbonyl (C=O) groups excluding carboxylic acids is 4. The van der Waals surface area contributed by atoms with Crippen LogP contribution in [0.4, 0.5) is 10.5 Å². The maximum atomic E-state index is 12.7. The first-order valence-corrected chi connectivity index (χ1v) is 9.35. The summed E-state index contributed by atoms with van der Waals surface area (Å²) in [4.78, 5) is 51.5. The predicted molar refractivity (Wildman–Crippen MR) is 99.9 cm³/mol. The fourth-order valence-corrected chi connectivity index (χ4v) is 3.80. The molecule has 0 unspecified atom stereocenters. The van der Waals surface area contributed by atoms with Crippen molar-refractivity contribution in [3.63, 3.8) is 0 Å². The lowest BCUT2D eigenvalue weighted by molar-refractivity contribution is -0.145. The summed E-state index contributed by atoms with van der Waals surface area (Å²) in [6, 6.07) is 4.51. The van der Waals surface area contributed by atoms with Crippen molar-refractivity contribution in [1.29, 1.82) is 0 Å². The lowest BCUT2D eigenvalue weighted by atomic mass is 9.85. The number of hydrogen-bond donors (Lipinski definition) is 1. The molecule has 1 aliphatic carbocycles. The van der Waals surface area contributed by atoms with Crippen LogP contribution in [0.3, 0.4) is 0 Å². The third kappa shape index (κ3) is 3.72. The SMILES string of the molecule is Cc1ccc(NC(=O)CN2C(=O)C(=O)N([C@H]3CCCC[C@@H]3C)C2=O)cc1C. The first-order chi connectivity index (χ1) is 12.8. The summed E-state index contributed by atoms with van der Waals surface area (Å²) in [6.45, 7) is 5.42. The van der Waals surface area contributed by atoms with Crippen molar-refractivity contribution in [2.24, 2.45) is 5.92 Å². The van der Waals surface area contributed by atoms with Crippen molar-refractivity contribution in [3.8, 4) is 0 Å². The molecule has 1 saturated carbocycles. The molecule has 1 N–H and O–H groups in total. The number of nitrogens with one attached hydrogen (secondary N) is 1. The summed E-state index contributed by atoms with van der Waals surface area (Å²) in [7, 11) is 0. The van der Waals surface area contributed by atoms with Crippen LogP contribution in [-0.4, -0.2) is 46.1 Å². The minimum atomic E-state index is -0.923. The lowest BCUT2D eigenvalue weighted by Gasteiger charge is -2.34. The summed E-state index contributed by atoms with van der Waals surface area (Å²) < 4.78 is 0. The number of amides is 5. The Morgan fingerprint density at radius 2 is 1.78 bits per heavy atom. The van der Waals surface area contributed by atoms with Crippen molar-refractivity contribution < 1.29 is 19.2 Å². The van der Waals surface area contributed by atoms with E-state index < -0.39 is 30.3 Å². The molecule has 5 amide bonds. The molecule has 7 nitrogen and oxygen atoms in total. The minimum Gasteiger partial charge on any atom is -0.325 e. The van der Waals surface area contributed by atoms with E-state index in [1.807, 2.05) is 32.9 Å². The monoisotopic (exact) mass is 371 g/mol. The summed E-state index contributed by atoms with van der Waals surface area (Å²) in [5.41, 5.74) is 2.71. The third-order valence-electron chi connectivity index (χ3n) is 5.57. The predicted octanol–water partition coefficient (Wildman–Crippen LogP) is 2.61. The number of benzene rings is 1. The van der Waals surface area contributed by atoms with Crippen LogP contribution in [0, 0.1) is 19.8 Å². The van der Waals surface area contributed by atoms with Gasteiger partial charge in [0.05, 0.1) is 0 Å². The van der Waals surface area contributed by atoms with Crippen LogP contribution < -0.4 is 5.32 Å². The highest BCUT2D eigenvalue weighted by Gasteiger charge is 2.49. The first kappa shape index (κ1) is 19.1. The van der Waals surface area contributed by atoms with Crippen LogP contribution in [-0.2, 0) is 14.4 Å². The number of anilines is 1. The van der Waals surface area contributed by atoms with E-state index in [-0.39, 0.29) is 12.0 Å². The highest BCUT2D eigenvalue weighted by atomic mass is 16.2. The van der Waals surface area contributed by atoms with Gasteiger partial charge in [-0.25, -0.2) is 9.69 Å². The molecule has 0 radical (unpaired) electrons. The molecule has 3 rings (SSSR count). The number of imide groups is 2. The fraction of sp³-hybridized carbons (Fsp3) is 0.500. The number of hydrogen-bond acceptors (Lipinski definition) is 4. The topological polar surface area (TPSA) is 86.8 Å². The van der Waals surface area contributed by atoms with Gasteiger partial charge in [-0.1, -0.05) is 25.8 Å². The van der Waals surface area contributed by atoms with Crippen molar-refractivity contribution in [2.75, 3.05) is 11.9 Å². The number of rotatable bonds is 4.